The van der Waals surface area contributed by atoms with Crippen LogP contribution >= 0.6 is 11.6 Å². The third kappa shape index (κ3) is 2.66. The summed E-state index contributed by atoms with van der Waals surface area (Å²) >= 11 is 6.15. The molecule has 0 aliphatic carbocycles. The van der Waals surface area contributed by atoms with Crippen LogP contribution in [0, 0.1) is 0 Å². The van der Waals surface area contributed by atoms with Gasteiger partial charge in [-0.2, -0.15) is 0 Å². The molecule has 4 nitrogen and oxygen atoms in total. The first kappa shape index (κ1) is 12.9. The van der Waals surface area contributed by atoms with Crippen molar-refractivity contribution in [1.29, 1.82) is 0 Å². The van der Waals surface area contributed by atoms with Gasteiger partial charge in [0.15, 0.2) is 0 Å². The van der Waals surface area contributed by atoms with Gasteiger partial charge >= 0.3 is 0 Å². The molecule has 2 rings (SSSR count). The van der Waals surface area contributed by atoms with Gasteiger partial charge in [-0.1, -0.05) is 22.8 Å². The number of ether oxygens (including phenoxy) is 1. The Bertz CT molecular complexity index is 525. The Hall–Kier alpha value is -1.52. The van der Waals surface area contributed by atoms with Gasteiger partial charge in [-0.3, -0.25) is 0 Å². The highest BCUT2D eigenvalue weighted by molar-refractivity contribution is 6.33. The summed E-state index contributed by atoms with van der Waals surface area (Å²) in [6, 6.07) is 7.24. The van der Waals surface area contributed by atoms with Crippen LogP contribution < -0.4 is 4.74 Å². The smallest absolute Gasteiger partial charge is 0.137 e. The van der Waals surface area contributed by atoms with Crippen molar-refractivity contribution in [2.24, 2.45) is 0 Å². The number of rotatable bonds is 5. The molecule has 0 spiro atoms. The van der Waals surface area contributed by atoms with Crippen molar-refractivity contribution in [3.63, 3.8) is 0 Å². The average Bonchev–Trinajstić information content (AvgIpc) is 2.84. The summed E-state index contributed by atoms with van der Waals surface area (Å²) in [5.74, 6) is 1.38. The van der Waals surface area contributed by atoms with Gasteiger partial charge in [-0.25, -0.2) is 0 Å². The minimum atomic E-state index is 0.130. The van der Waals surface area contributed by atoms with Crippen LogP contribution in [0.15, 0.2) is 28.8 Å². The number of aryl methyl sites for hydroxylation is 1. The molecule has 1 aromatic carbocycles. The lowest BCUT2D eigenvalue weighted by atomic mass is 10.1. The molecule has 1 heterocycles. The zero-order chi connectivity index (χ0) is 13.0. The fourth-order valence-electron chi connectivity index (χ4n) is 1.72. The molecular weight excluding hydrogens is 254 g/mol. The van der Waals surface area contributed by atoms with Gasteiger partial charge in [0.1, 0.15) is 17.2 Å². The van der Waals surface area contributed by atoms with Crippen LogP contribution in [0.25, 0.3) is 11.3 Å². The molecule has 0 saturated carbocycles. The minimum absolute atomic E-state index is 0.130. The molecule has 0 radical (unpaired) electrons. The van der Waals surface area contributed by atoms with E-state index < -0.39 is 0 Å². The second-order valence-electron chi connectivity index (χ2n) is 3.82. The number of hydrogen-bond acceptors (Lipinski definition) is 4. The molecule has 0 aliphatic heterocycles. The normalized spacial score (nSPS) is 10.6. The lowest BCUT2D eigenvalue weighted by molar-refractivity contribution is 0.280. The Kier molecular flexibility index (Phi) is 4.23. The van der Waals surface area contributed by atoms with Gasteiger partial charge in [-0.05, 0) is 18.6 Å². The van der Waals surface area contributed by atoms with E-state index in [1.54, 1.807) is 13.2 Å². The Labute approximate surface area is 110 Å². The van der Waals surface area contributed by atoms with Gasteiger partial charge in [0, 0.05) is 19.1 Å². The fourth-order valence-corrected chi connectivity index (χ4v) is 1.99. The molecule has 96 valence electrons. The maximum absolute atomic E-state index is 8.77. The summed E-state index contributed by atoms with van der Waals surface area (Å²) in [6.07, 6.45) is 1.30. The molecule has 0 aliphatic rings. The van der Waals surface area contributed by atoms with Gasteiger partial charge < -0.3 is 14.4 Å². The van der Waals surface area contributed by atoms with Gasteiger partial charge in [-0.15, -0.1) is 0 Å². The summed E-state index contributed by atoms with van der Waals surface area (Å²) in [4.78, 5) is 0. The van der Waals surface area contributed by atoms with Gasteiger partial charge in [0.25, 0.3) is 0 Å². The van der Waals surface area contributed by atoms with Crippen molar-refractivity contribution < 1.29 is 14.4 Å². The van der Waals surface area contributed by atoms with Crippen LogP contribution in [0.2, 0.25) is 5.02 Å². The number of benzene rings is 1. The van der Waals surface area contributed by atoms with Crippen LogP contribution in [-0.2, 0) is 6.42 Å². The quantitative estimate of drug-likeness (QED) is 0.905. The average molecular weight is 268 g/mol. The molecule has 0 unspecified atom stereocenters. The van der Waals surface area contributed by atoms with E-state index >= 15 is 0 Å². The molecule has 0 atom stereocenters. The zero-order valence-corrected chi connectivity index (χ0v) is 10.8. The van der Waals surface area contributed by atoms with Gasteiger partial charge in [0.2, 0.25) is 0 Å². The topological polar surface area (TPSA) is 55.5 Å². The molecule has 0 saturated heterocycles. The summed E-state index contributed by atoms with van der Waals surface area (Å²) < 4.78 is 10.5. The Morgan fingerprint density at radius 2 is 2.28 bits per heavy atom. The van der Waals surface area contributed by atoms with Crippen molar-refractivity contribution >= 4 is 11.6 Å². The fraction of sp³-hybridized carbons (Fsp3) is 0.308. The zero-order valence-electron chi connectivity index (χ0n) is 10.0. The van der Waals surface area contributed by atoms with Crippen molar-refractivity contribution in [2.45, 2.75) is 12.8 Å². The van der Waals surface area contributed by atoms with E-state index in [1.165, 1.54) is 0 Å². The van der Waals surface area contributed by atoms with E-state index in [-0.39, 0.29) is 6.61 Å². The molecule has 1 aromatic heterocycles. The number of aliphatic hydroxyl groups excluding tert-OH is 1. The minimum Gasteiger partial charge on any atom is -0.496 e. The highest BCUT2D eigenvalue weighted by Crippen LogP contribution is 2.35. The summed E-state index contributed by atoms with van der Waals surface area (Å²) in [6.45, 7) is 0.130. The molecular formula is C13H14ClNO3. The van der Waals surface area contributed by atoms with E-state index in [2.05, 4.69) is 5.16 Å². The standard InChI is InChI=1S/C13H14ClNO3/c1-17-12-6-2-5-10(14)13(12)11-8-9(18-15-11)4-3-7-16/h2,5-6,8,16H,3-4,7H2,1H3. The van der Waals surface area contributed by atoms with Crippen LogP contribution in [-0.4, -0.2) is 24.0 Å². The first-order chi connectivity index (χ1) is 8.76. The molecule has 18 heavy (non-hydrogen) atoms. The number of nitrogens with zero attached hydrogens (tertiary/aromatic N) is 1. The lowest BCUT2D eigenvalue weighted by Gasteiger charge is -2.06. The number of aliphatic hydroxyl groups is 1. The SMILES string of the molecule is COc1cccc(Cl)c1-c1cc(CCCO)on1. The highest BCUT2D eigenvalue weighted by Gasteiger charge is 2.14. The monoisotopic (exact) mass is 267 g/mol. The number of hydrogen-bond donors (Lipinski definition) is 1. The van der Waals surface area contributed by atoms with E-state index in [4.69, 9.17) is 26.0 Å². The van der Waals surface area contributed by atoms with Crippen LogP contribution in [0.4, 0.5) is 0 Å². The Balaban J connectivity index is 2.33. The van der Waals surface area contributed by atoms with Crippen LogP contribution in [0.5, 0.6) is 5.75 Å². The van der Waals surface area contributed by atoms with Crippen molar-refractivity contribution in [1.82, 2.24) is 5.16 Å². The number of methoxy groups -OCH3 is 1. The van der Waals surface area contributed by atoms with Crippen LogP contribution in [0.1, 0.15) is 12.2 Å². The second-order valence-corrected chi connectivity index (χ2v) is 4.23. The predicted molar refractivity (Wildman–Crippen MR) is 68.9 cm³/mol. The molecule has 1 N–H and O–H groups in total. The molecule has 0 fully saturated rings. The molecule has 2 aromatic rings. The maximum atomic E-state index is 8.77. The highest BCUT2D eigenvalue weighted by atomic mass is 35.5. The molecule has 0 bridgehead atoms. The molecule has 0 amide bonds. The largest absolute Gasteiger partial charge is 0.496 e. The van der Waals surface area contributed by atoms with E-state index in [9.17, 15) is 0 Å². The second kappa shape index (κ2) is 5.89. The first-order valence-corrected chi connectivity index (χ1v) is 6.03. The lowest BCUT2D eigenvalue weighted by Crippen LogP contribution is -1.89. The Morgan fingerprint density at radius 1 is 1.44 bits per heavy atom. The maximum Gasteiger partial charge on any atom is 0.137 e. The van der Waals surface area contributed by atoms with E-state index in [1.807, 2.05) is 18.2 Å². The van der Waals surface area contributed by atoms with Gasteiger partial charge in [0.05, 0.1) is 17.7 Å². The summed E-state index contributed by atoms with van der Waals surface area (Å²) in [7, 11) is 1.59. The van der Waals surface area contributed by atoms with Crippen LogP contribution in [0.3, 0.4) is 0 Å². The number of aromatic nitrogens is 1. The Morgan fingerprint density at radius 3 is 3.00 bits per heavy atom. The third-order valence-corrected chi connectivity index (χ3v) is 2.91. The summed E-state index contributed by atoms with van der Waals surface area (Å²) in [5.41, 5.74) is 1.37. The van der Waals surface area contributed by atoms with E-state index in [0.29, 0.717) is 29.3 Å². The number of halogens is 1. The van der Waals surface area contributed by atoms with Crippen molar-refractivity contribution in [2.75, 3.05) is 13.7 Å². The predicted octanol–water partition coefficient (Wildman–Crippen LogP) is 2.93. The third-order valence-electron chi connectivity index (χ3n) is 2.59. The molecule has 5 heteroatoms. The summed E-state index contributed by atoms with van der Waals surface area (Å²) in [5, 5.41) is 13.3. The first-order valence-electron chi connectivity index (χ1n) is 5.65. The van der Waals surface area contributed by atoms with E-state index in [0.717, 1.165) is 11.3 Å². The van der Waals surface area contributed by atoms with Crippen molar-refractivity contribution in [3.8, 4) is 17.0 Å². The van der Waals surface area contributed by atoms with Crippen molar-refractivity contribution in [3.05, 3.63) is 35.0 Å².